The highest BCUT2D eigenvalue weighted by atomic mass is 79.9. The van der Waals surface area contributed by atoms with E-state index in [1.807, 2.05) is 24.3 Å². The summed E-state index contributed by atoms with van der Waals surface area (Å²) in [7, 11) is 0. The number of Topliss-reactive ketones (excluding diaryl/α,β-unsaturated/α-hetero) is 1. The van der Waals surface area contributed by atoms with Gasteiger partial charge in [-0.05, 0) is 70.8 Å². The van der Waals surface area contributed by atoms with Crippen LogP contribution in [0, 0.1) is 11.6 Å². The Labute approximate surface area is 213 Å². The maximum Gasteiger partial charge on any atom is 0.150 e. The second-order valence-electron chi connectivity index (χ2n) is 7.83. The molecule has 0 N–H and O–H groups in total. The number of ketones is 1. The molecule has 0 saturated heterocycles. The Kier molecular flexibility index (Phi) is 7.95. The maximum absolute atomic E-state index is 14.4. The molecule has 4 atom stereocenters. The molecule has 2 aromatic carbocycles. The molecular weight excluding hydrogens is 566 g/mol. The van der Waals surface area contributed by atoms with Gasteiger partial charge in [0.1, 0.15) is 11.6 Å². The SMILES string of the molecule is O=C(C(c1ccc(F)cc1)C(Br)c1ccncc1)C(c1ccc(F)cc1)C(Br)c1ccncc1. The third kappa shape index (κ3) is 5.47. The summed E-state index contributed by atoms with van der Waals surface area (Å²) in [4.78, 5) is 21.7. The highest BCUT2D eigenvalue weighted by Gasteiger charge is 2.38. The molecular formula is C27H20Br2F2N2O. The zero-order chi connectivity index (χ0) is 24.1. The second kappa shape index (κ2) is 11.1. The van der Waals surface area contributed by atoms with Gasteiger partial charge in [-0.3, -0.25) is 14.8 Å². The predicted octanol–water partition coefficient (Wildman–Crippen LogP) is 7.46. The van der Waals surface area contributed by atoms with Crippen LogP contribution >= 0.6 is 31.9 Å². The van der Waals surface area contributed by atoms with Gasteiger partial charge in [-0.15, -0.1) is 0 Å². The number of hydrogen-bond acceptors (Lipinski definition) is 3. The molecule has 0 aliphatic heterocycles. The molecule has 0 amide bonds. The first kappa shape index (κ1) is 24.4. The molecule has 172 valence electrons. The first-order valence-electron chi connectivity index (χ1n) is 10.6. The fourth-order valence-electron chi connectivity index (χ4n) is 3.97. The van der Waals surface area contributed by atoms with Crippen LogP contribution in [0.15, 0.2) is 97.6 Å². The molecule has 2 aromatic heterocycles. The van der Waals surface area contributed by atoms with Gasteiger partial charge in [0.15, 0.2) is 5.78 Å². The van der Waals surface area contributed by atoms with Crippen LogP contribution in [-0.2, 0) is 4.79 Å². The van der Waals surface area contributed by atoms with Crippen molar-refractivity contribution in [1.29, 1.82) is 0 Å². The van der Waals surface area contributed by atoms with E-state index in [0.29, 0.717) is 11.1 Å². The topological polar surface area (TPSA) is 42.9 Å². The minimum Gasteiger partial charge on any atom is -0.298 e. The van der Waals surface area contributed by atoms with Crippen LogP contribution in [-0.4, -0.2) is 15.8 Å². The van der Waals surface area contributed by atoms with E-state index < -0.39 is 21.5 Å². The van der Waals surface area contributed by atoms with Crippen LogP contribution < -0.4 is 0 Å². The van der Waals surface area contributed by atoms with Gasteiger partial charge >= 0.3 is 0 Å². The summed E-state index contributed by atoms with van der Waals surface area (Å²) >= 11 is 7.48. The largest absolute Gasteiger partial charge is 0.298 e. The van der Waals surface area contributed by atoms with E-state index in [2.05, 4.69) is 41.8 Å². The van der Waals surface area contributed by atoms with Crippen molar-refractivity contribution in [3.8, 4) is 0 Å². The Morgan fingerprint density at radius 1 is 0.559 bits per heavy atom. The molecule has 4 aromatic rings. The van der Waals surface area contributed by atoms with Crippen molar-refractivity contribution in [3.63, 3.8) is 0 Å². The Morgan fingerprint density at radius 2 is 0.882 bits per heavy atom. The molecule has 4 unspecified atom stereocenters. The van der Waals surface area contributed by atoms with E-state index >= 15 is 0 Å². The Morgan fingerprint density at radius 3 is 1.21 bits per heavy atom. The number of carbonyl (C=O) groups excluding carboxylic acids is 1. The van der Waals surface area contributed by atoms with Crippen molar-refractivity contribution in [1.82, 2.24) is 9.97 Å². The standard InChI is InChI=1S/C27H20Br2F2N2O/c28-25(19-9-13-32-14-10-19)23(17-1-5-21(30)6-2-17)27(34)24(18-3-7-22(31)8-4-18)26(29)20-11-15-33-16-12-20/h1-16,23-26H. The van der Waals surface area contributed by atoms with Gasteiger partial charge in [0.2, 0.25) is 0 Å². The lowest BCUT2D eigenvalue weighted by Crippen LogP contribution is -2.26. The summed E-state index contributed by atoms with van der Waals surface area (Å²) in [6, 6.07) is 19.3. The molecule has 2 heterocycles. The van der Waals surface area contributed by atoms with E-state index in [4.69, 9.17) is 0 Å². The highest BCUT2D eigenvalue weighted by Crippen LogP contribution is 2.47. The molecule has 4 rings (SSSR count). The predicted molar refractivity (Wildman–Crippen MR) is 135 cm³/mol. The molecule has 0 aliphatic carbocycles. The Hall–Kier alpha value is -2.77. The summed E-state index contributed by atoms with van der Waals surface area (Å²) < 4.78 is 27.5. The van der Waals surface area contributed by atoms with Crippen LogP contribution in [0.1, 0.15) is 43.7 Å². The number of benzene rings is 2. The summed E-state index contributed by atoms with van der Waals surface area (Å²) in [5.41, 5.74) is 3.08. The molecule has 0 fully saturated rings. The van der Waals surface area contributed by atoms with Gasteiger partial charge < -0.3 is 0 Å². The quantitative estimate of drug-likeness (QED) is 0.202. The monoisotopic (exact) mass is 584 g/mol. The highest BCUT2D eigenvalue weighted by molar-refractivity contribution is 9.09. The van der Waals surface area contributed by atoms with E-state index in [0.717, 1.165) is 11.1 Å². The van der Waals surface area contributed by atoms with Gasteiger partial charge in [-0.2, -0.15) is 0 Å². The first-order chi connectivity index (χ1) is 16.5. The minimum absolute atomic E-state index is 0.101. The van der Waals surface area contributed by atoms with Crippen LogP contribution in [0.4, 0.5) is 8.78 Å². The van der Waals surface area contributed by atoms with Gasteiger partial charge in [-0.1, -0.05) is 56.1 Å². The number of nitrogens with zero attached hydrogens (tertiary/aromatic N) is 2. The number of rotatable bonds is 8. The fourth-order valence-corrected chi connectivity index (χ4v) is 5.71. The van der Waals surface area contributed by atoms with Gasteiger partial charge in [-0.25, -0.2) is 8.78 Å². The van der Waals surface area contributed by atoms with Crippen molar-refractivity contribution >= 4 is 37.6 Å². The lowest BCUT2D eigenvalue weighted by atomic mass is 9.78. The smallest absolute Gasteiger partial charge is 0.150 e. The average Bonchev–Trinajstić information content (AvgIpc) is 2.87. The van der Waals surface area contributed by atoms with Crippen LogP contribution in [0.25, 0.3) is 0 Å². The third-order valence-electron chi connectivity index (χ3n) is 5.71. The molecule has 3 nitrogen and oxygen atoms in total. The number of carbonyl (C=O) groups is 1. The van der Waals surface area contributed by atoms with Crippen LogP contribution in [0.5, 0.6) is 0 Å². The third-order valence-corrected chi connectivity index (χ3v) is 7.82. The van der Waals surface area contributed by atoms with E-state index in [1.165, 1.54) is 24.3 Å². The van der Waals surface area contributed by atoms with Crippen molar-refractivity contribution in [3.05, 3.63) is 131 Å². The zero-order valence-corrected chi connectivity index (χ0v) is 21.0. The summed E-state index contributed by atoms with van der Waals surface area (Å²) in [6.07, 6.45) is 6.66. The van der Waals surface area contributed by atoms with Gasteiger partial charge in [0.25, 0.3) is 0 Å². The summed E-state index contributed by atoms with van der Waals surface area (Å²) in [5, 5.41) is 0. The van der Waals surface area contributed by atoms with Gasteiger partial charge in [0.05, 0.1) is 21.5 Å². The lowest BCUT2D eigenvalue weighted by molar-refractivity contribution is -0.122. The number of alkyl halides is 2. The zero-order valence-electron chi connectivity index (χ0n) is 17.9. The number of halogens is 4. The summed E-state index contributed by atoms with van der Waals surface area (Å²) in [5.74, 6) is -2.17. The van der Waals surface area contributed by atoms with E-state index in [1.54, 1.807) is 49.1 Å². The molecule has 0 spiro atoms. The first-order valence-corrected chi connectivity index (χ1v) is 12.4. The number of aromatic nitrogens is 2. The van der Waals surface area contributed by atoms with Crippen molar-refractivity contribution in [2.24, 2.45) is 0 Å². The van der Waals surface area contributed by atoms with Crippen molar-refractivity contribution in [2.45, 2.75) is 21.5 Å². The molecule has 0 bridgehead atoms. The maximum atomic E-state index is 14.4. The fraction of sp³-hybridized carbons (Fsp3) is 0.148. The summed E-state index contributed by atoms with van der Waals surface area (Å²) in [6.45, 7) is 0. The van der Waals surface area contributed by atoms with Crippen LogP contribution in [0.2, 0.25) is 0 Å². The molecule has 0 radical (unpaired) electrons. The van der Waals surface area contributed by atoms with Crippen LogP contribution in [0.3, 0.4) is 0 Å². The minimum atomic E-state index is -0.653. The molecule has 0 aliphatic rings. The normalized spacial score (nSPS) is 14.7. The number of pyridine rings is 2. The molecule has 0 saturated carbocycles. The Bertz CT molecular complexity index is 1130. The van der Waals surface area contributed by atoms with E-state index in [-0.39, 0.29) is 17.4 Å². The second-order valence-corrected chi connectivity index (χ2v) is 9.80. The van der Waals surface area contributed by atoms with Gasteiger partial charge in [0, 0.05) is 24.8 Å². The molecule has 34 heavy (non-hydrogen) atoms. The Balaban J connectivity index is 1.83. The average molecular weight is 586 g/mol. The number of hydrogen-bond donors (Lipinski definition) is 0. The van der Waals surface area contributed by atoms with E-state index in [9.17, 15) is 13.6 Å². The van der Waals surface area contributed by atoms with Crippen molar-refractivity contribution in [2.75, 3.05) is 0 Å². The van der Waals surface area contributed by atoms with Crippen molar-refractivity contribution < 1.29 is 13.6 Å². The molecule has 7 heteroatoms. The lowest BCUT2D eigenvalue weighted by Gasteiger charge is -2.30.